The third kappa shape index (κ3) is 2.65. The average molecular weight is 343 g/mol. The topological polar surface area (TPSA) is 38.1 Å². The standard InChI is InChI=1S/C22H21N3O/c1-4-11-24-20-8-6-5-7-18(20)23-22(24)17-13-21(26)25(14-17)19-10-9-15(2)12-16(19)3/h5-12,17H,1,13-14H2,2-3H3/t17-/m1/s1. The number of aryl methyl sites for hydroxylation is 2. The molecule has 1 amide bonds. The van der Waals surface area contributed by atoms with E-state index < -0.39 is 0 Å². The first-order chi connectivity index (χ1) is 12.6. The molecular weight excluding hydrogens is 322 g/mol. The van der Waals surface area contributed by atoms with Crippen LogP contribution in [0.2, 0.25) is 0 Å². The minimum absolute atomic E-state index is 0.0419. The summed E-state index contributed by atoms with van der Waals surface area (Å²) in [6.07, 6.45) is 2.26. The van der Waals surface area contributed by atoms with Crippen LogP contribution < -0.4 is 4.90 Å². The van der Waals surface area contributed by atoms with Crippen molar-refractivity contribution in [1.82, 2.24) is 9.55 Å². The molecule has 1 fully saturated rings. The number of carbonyl (C=O) groups is 1. The Morgan fingerprint density at radius 3 is 2.81 bits per heavy atom. The number of hydrogen-bond acceptors (Lipinski definition) is 2. The molecule has 4 heteroatoms. The fourth-order valence-electron chi connectivity index (χ4n) is 3.80. The van der Waals surface area contributed by atoms with Crippen molar-refractivity contribution in [2.45, 2.75) is 26.2 Å². The summed E-state index contributed by atoms with van der Waals surface area (Å²) in [5.74, 6) is 1.08. The minimum atomic E-state index is 0.0419. The van der Waals surface area contributed by atoms with Crippen molar-refractivity contribution < 1.29 is 4.79 Å². The first-order valence-electron chi connectivity index (χ1n) is 8.79. The molecule has 1 saturated heterocycles. The Balaban J connectivity index is 1.74. The maximum absolute atomic E-state index is 12.7. The van der Waals surface area contributed by atoms with Gasteiger partial charge in [0.15, 0.2) is 0 Å². The third-order valence-corrected chi connectivity index (χ3v) is 4.98. The number of fused-ring (bicyclic) bond motifs is 1. The summed E-state index contributed by atoms with van der Waals surface area (Å²) in [5, 5.41) is 0. The highest BCUT2D eigenvalue weighted by Crippen LogP contribution is 2.34. The highest BCUT2D eigenvalue weighted by molar-refractivity contribution is 5.97. The van der Waals surface area contributed by atoms with Crippen LogP contribution in [-0.2, 0) is 4.79 Å². The number of rotatable bonds is 3. The molecule has 130 valence electrons. The lowest BCUT2D eigenvalue weighted by molar-refractivity contribution is -0.117. The fourth-order valence-corrected chi connectivity index (χ4v) is 3.80. The molecule has 1 atom stereocenters. The van der Waals surface area contributed by atoms with Gasteiger partial charge >= 0.3 is 0 Å². The number of imidazole rings is 1. The summed E-state index contributed by atoms with van der Waals surface area (Å²) in [7, 11) is 0. The molecule has 0 N–H and O–H groups in total. The van der Waals surface area contributed by atoms with Gasteiger partial charge in [-0.15, -0.1) is 5.73 Å². The van der Waals surface area contributed by atoms with Gasteiger partial charge in [-0.2, -0.15) is 0 Å². The average Bonchev–Trinajstić information content (AvgIpc) is 3.17. The number of benzene rings is 2. The van der Waals surface area contributed by atoms with E-state index in [1.54, 1.807) is 6.20 Å². The molecule has 0 bridgehead atoms. The summed E-state index contributed by atoms with van der Waals surface area (Å²) in [5.41, 5.74) is 8.09. The number of aromatic nitrogens is 2. The van der Waals surface area contributed by atoms with Crippen molar-refractivity contribution in [2.75, 3.05) is 11.4 Å². The van der Waals surface area contributed by atoms with E-state index >= 15 is 0 Å². The molecule has 2 heterocycles. The van der Waals surface area contributed by atoms with Crippen LogP contribution >= 0.6 is 0 Å². The first kappa shape index (κ1) is 16.4. The molecule has 3 aromatic rings. The Labute approximate surface area is 153 Å². The summed E-state index contributed by atoms with van der Waals surface area (Å²) < 4.78 is 2.01. The normalized spacial score (nSPS) is 16.9. The van der Waals surface area contributed by atoms with Crippen molar-refractivity contribution in [1.29, 1.82) is 0 Å². The summed E-state index contributed by atoms with van der Waals surface area (Å²) >= 11 is 0. The zero-order valence-corrected chi connectivity index (χ0v) is 15.1. The Morgan fingerprint density at radius 1 is 1.23 bits per heavy atom. The van der Waals surface area contributed by atoms with Gasteiger partial charge < -0.3 is 4.90 Å². The highest BCUT2D eigenvalue weighted by Gasteiger charge is 2.35. The van der Waals surface area contributed by atoms with Gasteiger partial charge in [-0.25, -0.2) is 4.98 Å². The monoisotopic (exact) mass is 343 g/mol. The molecule has 1 aromatic heterocycles. The van der Waals surface area contributed by atoms with Gasteiger partial charge in [0.05, 0.1) is 17.2 Å². The lowest BCUT2D eigenvalue weighted by Gasteiger charge is -2.19. The maximum atomic E-state index is 12.7. The van der Waals surface area contributed by atoms with E-state index in [0.29, 0.717) is 13.0 Å². The molecule has 4 nitrogen and oxygen atoms in total. The van der Waals surface area contributed by atoms with Gasteiger partial charge in [-0.1, -0.05) is 36.4 Å². The van der Waals surface area contributed by atoms with Crippen LogP contribution in [0.1, 0.15) is 29.3 Å². The molecule has 4 rings (SSSR count). The SMILES string of the molecule is C=C=Cn1c([C@@H]2CC(=O)N(c3ccc(C)cc3C)C2)nc2ccccc21. The maximum Gasteiger partial charge on any atom is 0.227 e. The molecular formula is C22H21N3O. The summed E-state index contributed by atoms with van der Waals surface area (Å²) in [4.78, 5) is 19.4. The molecule has 0 radical (unpaired) electrons. The van der Waals surface area contributed by atoms with E-state index in [9.17, 15) is 4.79 Å². The van der Waals surface area contributed by atoms with Crippen LogP contribution in [0.25, 0.3) is 17.2 Å². The largest absolute Gasteiger partial charge is 0.311 e. The third-order valence-electron chi connectivity index (χ3n) is 4.98. The van der Waals surface area contributed by atoms with Crippen LogP contribution in [0.4, 0.5) is 5.69 Å². The van der Waals surface area contributed by atoms with Crippen molar-refractivity contribution in [3.8, 4) is 0 Å². The zero-order valence-electron chi connectivity index (χ0n) is 15.1. The summed E-state index contributed by atoms with van der Waals surface area (Å²) in [6.45, 7) is 8.46. The lowest BCUT2D eigenvalue weighted by atomic mass is 10.1. The Bertz CT molecular complexity index is 1060. The van der Waals surface area contributed by atoms with Crippen LogP contribution in [0.3, 0.4) is 0 Å². The van der Waals surface area contributed by atoms with Gasteiger partial charge in [0.1, 0.15) is 5.82 Å². The van der Waals surface area contributed by atoms with E-state index in [-0.39, 0.29) is 11.8 Å². The van der Waals surface area contributed by atoms with E-state index in [0.717, 1.165) is 28.1 Å². The van der Waals surface area contributed by atoms with Gasteiger partial charge in [-0.05, 0) is 37.6 Å². The second-order valence-corrected chi connectivity index (χ2v) is 6.86. The van der Waals surface area contributed by atoms with Crippen molar-refractivity contribution in [3.05, 3.63) is 71.7 Å². The van der Waals surface area contributed by atoms with E-state index in [1.807, 2.05) is 39.8 Å². The van der Waals surface area contributed by atoms with Gasteiger partial charge in [-0.3, -0.25) is 9.36 Å². The van der Waals surface area contributed by atoms with Crippen molar-refractivity contribution >= 4 is 28.8 Å². The fraction of sp³-hybridized carbons (Fsp3) is 0.227. The Kier molecular flexibility index (Phi) is 3.98. The molecule has 2 aromatic carbocycles. The quantitative estimate of drug-likeness (QED) is 0.660. The van der Waals surface area contributed by atoms with Gasteiger partial charge in [0, 0.05) is 24.6 Å². The van der Waals surface area contributed by atoms with E-state index in [2.05, 4.69) is 38.3 Å². The molecule has 1 aliphatic heterocycles. The highest BCUT2D eigenvalue weighted by atomic mass is 16.2. The number of amides is 1. The predicted molar refractivity (Wildman–Crippen MR) is 105 cm³/mol. The second kappa shape index (κ2) is 6.32. The first-order valence-corrected chi connectivity index (χ1v) is 8.79. The lowest BCUT2D eigenvalue weighted by Crippen LogP contribution is -2.25. The van der Waals surface area contributed by atoms with E-state index in [4.69, 9.17) is 4.98 Å². The number of anilines is 1. The molecule has 0 aliphatic carbocycles. The number of hydrogen-bond donors (Lipinski definition) is 0. The zero-order chi connectivity index (χ0) is 18.3. The molecule has 1 aliphatic rings. The van der Waals surface area contributed by atoms with Gasteiger partial charge in [0.25, 0.3) is 0 Å². The van der Waals surface area contributed by atoms with E-state index in [1.165, 1.54) is 5.56 Å². The number of carbonyl (C=O) groups excluding carboxylic acids is 1. The molecule has 26 heavy (non-hydrogen) atoms. The Hall–Kier alpha value is -3.10. The van der Waals surface area contributed by atoms with Crippen LogP contribution in [0.15, 0.2) is 54.8 Å². The minimum Gasteiger partial charge on any atom is -0.311 e. The number of para-hydroxylation sites is 2. The van der Waals surface area contributed by atoms with Crippen molar-refractivity contribution in [2.24, 2.45) is 0 Å². The van der Waals surface area contributed by atoms with Crippen LogP contribution in [-0.4, -0.2) is 22.0 Å². The molecule has 0 unspecified atom stereocenters. The van der Waals surface area contributed by atoms with Crippen LogP contribution in [0.5, 0.6) is 0 Å². The number of nitrogens with zero attached hydrogens (tertiary/aromatic N) is 3. The Morgan fingerprint density at radius 2 is 2.04 bits per heavy atom. The molecule has 0 spiro atoms. The van der Waals surface area contributed by atoms with Gasteiger partial charge in [0.2, 0.25) is 5.91 Å². The van der Waals surface area contributed by atoms with Crippen LogP contribution in [0, 0.1) is 13.8 Å². The second-order valence-electron chi connectivity index (χ2n) is 6.86. The summed E-state index contributed by atoms with van der Waals surface area (Å²) in [6, 6.07) is 14.2. The predicted octanol–water partition coefficient (Wildman–Crippen LogP) is 4.43. The molecule has 0 saturated carbocycles. The smallest absolute Gasteiger partial charge is 0.227 e. The van der Waals surface area contributed by atoms with Crippen molar-refractivity contribution in [3.63, 3.8) is 0 Å².